The standard InChI is InChI=1S/C13H24N2O4/c1-3-5-13(6-4-7-14-9-13)10(16)15-8-12(2,19)11(17)18/h14,19H,3-9H2,1-2H3,(H,15,16)(H,17,18). The third-order valence-corrected chi connectivity index (χ3v) is 3.74. The summed E-state index contributed by atoms with van der Waals surface area (Å²) in [6.45, 7) is 4.46. The highest BCUT2D eigenvalue weighted by Gasteiger charge is 2.40. The van der Waals surface area contributed by atoms with Gasteiger partial charge in [0.15, 0.2) is 5.60 Å². The van der Waals surface area contributed by atoms with Gasteiger partial charge in [0.1, 0.15) is 0 Å². The maximum absolute atomic E-state index is 12.3. The molecule has 1 heterocycles. The van der Waals surface area contributed by atoms with Crippen LogP contribution in [0.1, 0.15) is 39.5 Å². The Hall–Kier alpha value is -1.14. The van der Waals surface area contributed by atoms with Gasteiger partial charge in [-0.25, -0.2) is 4.79 Å². The average Bonchev–Trinajstić information content (AvgIpc) is 2.37. The molecular weight excluding hydrogens is 248 g/mol. The molecule has 110 valence electrons. The summed E-state index contributed by atoms with van der Waals surface area (Å²) in [5.41, 5.74) is -2.40. The molecule has 0 bridgehead atoms. The van der Waals surface area contributed by atoms with Crippen LogP contribution in [-0.2, 0) is 9.59 Å². The Morgan fingerprint density at radius 3 is 2.63 bits per heavy atom. The second-order valence-corrected chi connectivity index (χ2v) is 5.57. The van der Waals surface area contributed by atoms with Crippen LogP contribution in [0, 0.1) is 5.41 Å². The Balaban J connectivity index is 2.65. The zero-order chi connectivity index (χ0) is 14.5. The van der Waals surface area contributed by atoms with E-state index in [1.165, 1.54) is 6.92 Å². The number of amides is 1. The molecule has 0 saturated carbocycles. The van der Waals surface area contributed by atoms with Gasteiger partial charge in [0.2, 0.25) is 5.91 Å². The highest BCUT2D eigenvalue weighted by Crippen LogP contribution is 2.31. The Morgan fingerprint density at radius 2 is 2.16 bits per heavy atom. The van der Waals surface area contributed by atoms with E-state index in [1.807, 2.05) is 6.92 Å². The minimum absolute atomic E-state index is 0.164. The van der Waals surface area contributed by atoms with Crippen LogP contribution < -0.4 is 10.6 Å². The van der Waals surface area contributed by atoms with Crippen molar-refractivity contribution in [2.75, 3.05) is 19.6 Å². The highest BCUT2D eigenvalue weighted by atomic mass is 16.4. The van der Waals surface area contributed by atoms with Crippen LogP contribution in [0.15, 0.2) is 0 Å². The van der Waals surface area contributed by atoms with Crippen molar-refractivity contribution in [2.24, 2.45) is 5.41 Å². The summed E-state index contributed by atoms with van der Waals surface area (Å²) in [5, 5.41) is 24.3. The van der Waals surface area contributed by atoms with Gasteiger partial charge in [-0.05, 0) is 32.7 Å². The predicted molar refractivity (Wildman–Crippen MR) is 70.7 cm³/mol. The van der Waals surface area contributed by atoms with Crippen molar-refractivity contribution in [3.8, 4) is 0 Å². The fourth-order valence-corrected chi connectivity index (χ4v) is 2.48. The van der Waals surface area contributed by atoms with Gasteiger partial charge in [-0.3, -0.25) is 4.79 Å². The van der Waals surface area contributed by atoms with Crippen LogP contribution >= 0.6 is 0 Å². The summed E-state index contributed by atoms with van der Waals surface area (Å²) < 4.78 is 0. The monoisotopic (exact) mass is 272 g/mol. The summed E-state index contributed by atoms with van der Waals surface area (Å²) in [6.07, 6.45) is 3.39. The first-order valence-corrected chi connectivity index (χ1v) is 6.79. The van der Waals surface area contributed by atoms with Gasteiger partial charge in [0, 0.05) is 6.54 Å². The van der Waals surface area contributed by atoms with Crippen LogP contribution in [0.3, 0.4) is 0 Å². The Kier molecular flexibility index (Phi) is 5.31. The second-order valence-electron chi connectivity index (χ2n) is 5.57. The highest BCUT2D eigenvalue weighted by molar-refractivity contribution is 5.84. The van der Waals surface area contributed by atoms with Gasteiger partial charge in [0.05, 0.1) is 12.0 Å². The molecule has 1 fully saturated rings. The van der Waals surface area contributed by atoms with Crippen molar-refractivity contribution in [2.45, 2.75) is 45.1 Å². The van der Waals surface area contributed by atoms with Crippen molar-refractivity contribution in [3.63, 3.8) is 0 Å². The zero-order valence-corrected chi connectivity index (χ0v) is 11.7. The number of carbonyl (C=O) groups excluding carboxylic acids is 1. The van der Waals surface area contributed by atoms with Gasteiger partial charge in [-0.1, -0.05) is 13.3 Å². The molecule has 19 heavy (non-hydrogen) atoms. The Morgan fingerprint density at radius 1 is 1.47 bits per heavy atom. The lowest BCUT2D eigenvalue weighted by molar-refractivity contribution is -0.156. The molecule has 6 nitrogen and oxygen atoms in total. The summed E-state index contributed by atoms with van der Waals surface area (Å²) in [4.78, 5) is 23.1. The quantitative estimate of drug-likeness (QED) is 0.550. The van der Waals surface area contributed by atoms with E-state index in [0.717, 1.165) is 32.2 Å². The van der Waals surface area contributed by atoms with Gasteiger partial charge >= 0.3 is 5.97 Å². The summed E-state index contributed by atoms with van der Waals surface area (Å²) >= 11 is 0. The fraction of sp³-hybridized carbons (Fsp3) is 0.846. The first-order chi connectivity index (χ1) is 8.84. The molecule has 0 aromatic carbocycles. The fourth-order valence-electron chi connectivity index (χ4n) is 2.48. The molecule has 1 saturated heterocycles. The zero-order valence-electron chi connectivity index (χ0n) is 11.7. The minimum atomic E-state index is -1.93. The van der Waals surface area contributed by atoms with Crippen LogP contribution in [-0.4, -0.2) is 47.3 Å². The number of hydrogen-bond acceptors (Lipinski definition) is 4. The number of hydrogen-bond donors (Lipinski definition) is 4. The van der Waals surface area contributed by atoms with Crippen molar-refractivity contribution in [3.05, 3.63) is 0 Å². The molecular formula is C13H24N2O4. The van der Waals surface area contributed by atoms with Crippen molar-refractivity contribution in [1.29, 1.82) is 0 Å². The van der Waals surface area contributed by atoms with Crippen LogP contribution in [0.4, 0.5) is 0 Å². The number of carboxylic acids is 1. The first-order valence-electron chi connectivity index (χ1n) is 6.79. The maximum Gasteiger partial charge on any atom is 0.337 e. The lowest BCUT2D eigenvalue weighted by Gasteiger charge is -2.36. The van der Waals surface area contributed by atoms with Crippen LogP contribution in [0.5, 0.6) is 0 Å². The molecule has 0 aliphatic carbocycles. The van der Waals surface area contributed by atoms with Crippen molar-refractivity contribution < 1.29 is 19.8 Å². The molecule has 1 rings (SSSR count). The van der Waals surface area contributed by atoms with Gasteiger partial charge in [-0.15, -0.1) is 0 Å². The summed E-state index contributed by atoms with van der Waals surface area (Å²) in [6, 6.07) is 0. The molecule has 2 atom stereocenters. The molecule has 0 aromatic rings. The number of carbonyl (C=O) groups is 2. The molecule has 4 N–H and O–H groups in total. The van der Waals surface area contributed by atoms with Gasteiger partial charge in [-0.2, -0.15) is 0 Å². The topological polar surface area (TPSA) is 98.7 Å². The first kappa shape index (κ1) is 15.9. The van der Waals surface area contributed by atoms with Gasteiger partial charge < -0.3 is 20.8 Å². The SMILES string of the molecule is CCCC1(C(=O)NCC(C)(O)C(=O)O)CCCNC1. The van der Waals surface area contributed by atoms with E-state index >= 15 is 0 Å². The van der Waals surface area contributed by atoms with Crippen LogP contribution in [0.25, 0.3) is 0 Å². The van der Waals surface area contributed by atoms with E-state index in [4.69, 9.17) is 5.11 Å². The maximum atomic E-state index is 12.3. The Labute approximate surface area is 113 Å². The molecule has 6 heteroatoms. The van der Waals surface area contributed by atoms with E-state index in [-0.39, 0.29) is 12.5 Å². The molecule has 1 amide bonds. The summed E-state index contributed by atoms with van der Waals surface area (Å²) in [7, 11) is 0. The van der Waals surface area contributed by atoms with E-state index in [1.54, 1.807) is 0 Å². The normalized spacial score (nSPS) is 26.5. The lowest BCUT2D eigenvalue weighted by atomic mass is 9.76. The van der Waals surface area contributed by atoms with Crippen LogP contribution in [0.2, 0.25) is 0 Å². The number of aliphatic hydroxyl groups is 1. The Bertz CT molecular complexity index is 330. The smallest absolute Gasteiger partial charge is 0.337 e. The predicted octanol–water partition coefficient (Wildman–Crippen LogP) is 0.108. The second kappa shape index (κ2) is 6.34. The average molecular weight is 272 g/mol. The largest absolute Gasteiger partial charge is 0.479 e. The third-order valence-electron chi connectivity index (χ3n) is 3.74. The molecule has 0 aromatic heterocycles. The van der Waals surface area contributed by atoms with Crippen molar-refractivity contribution in [1.82, 2.24) is 10.6 Å². The summed E-state index contributed by atoms with van der Waals surface area (Å²) in [5.74, 6) is -1.50. The minimum Gasteiger partial charge on any atom is -0.479 e. The van der Waals surface area contributed by atoms with E-state index < -0.39 is 17.0 Å². The van der Waals surface area contributed by atoms with E-state index in [0.29, 0.717) is 6.54 Å². The number of nitrogens with one attached hydrogen (secondary N) is 2. The molecule has 2 unspecified atom stereocenters. The lowest BCUT2D eigenvalue weighted by Crippen LogP contribution is -2.54. The third kappa shape index (κ3) is 3.91. The number of rotatable bonds is 6. The van der Waals surface area contributed by atoms with E-state index in [2.05, 4.69) is 10.6 Å². The van der Waals surface area contributed by atoms with Gasteiger partial charge in [0.25, 0.3) is 0 Å². The number of carboxylic acid groups (broad SMARTS) is 1. The van der Waals surface area contributed by atoms with E-state index in [9.17, 15) is 14.7 Å². The number of aliphatic carboxylic acids is 1. The van der Waals surface area contributed by atoms with Crippen molar-refractivity contribution >= 4 is 11.9 Å². The molecule has 1 aliphatic heterocycles. The molecule has 0 spiro atoms. The number of piperidine rings is 1. The molecule has 0 radical (unpaired) electrons. The molecule has 1 aliphatic rings.